The van der Waals surface area contributed by atoms with Crippen molar-refractivity contribution in [3.63, 3.8) is 0 Å². The van der Waals surface area contributed by atoms with Crippen molar-refractivity contribution in [2.24, 2.45) is 0 Å². The number of nitrogens with zero attached hydrogens (tertiary/aromatic N) is 3. The third kappa shape index (κ3) is 6.13. The van der Waals surface area contributed by atoms with Crippen molar-refractivity contribution in [2.45, 2.75) is 20.3 Å². The molecular formula is C36H34N6. The number of aromatic amines is 2. The molecule has 0 radical (unpaired) electrons. The van der Waals surface area contributed by atoms with E-state index in [1.54, 1.807) is 18.3 Å². The molecule has 0 aliphatic rings. The Kier molecular flexibility index (Phi) is 8.54. The molecule has 0 bridgehead atoms. The second-order valence-corrected chi connectivity index (χ2v) is 9.88. The molecule has 5 aromatic rings. The lowest BCUT2D eigenvalue weighted by molar-refractivity contribution is 0.941. The van der Waals surface area contributed by atoms with Gasteiger partial charge in [-0.15, -0.1) is 0 Å². The van der Waals surface area contributed by atoms with Gasteiger partial charge in [-0.25, -0.2) is 0 Å². The summed E-state index contributed by atoms with van der Waals surface area (Å²) in [5.74, 6) is 0. The highest BCUT2D eigenvalue weighted by molar-refractivity contribution is 5.95. The Morgan fingerprint density at radius 2 is 1.81 bits per heavy atom. The Bertz CT molecular complexity index is 1830. The van der Waals surface area contributed by atoms with Crippen LogP contribution in [0.4, 0.5) is 0 Å². The molecule has 0 unspecified atom stereocenters. The van der Waals surface area contributed by atoms with Crippen LogP contribution in [0.1, 0.15) is 35.1 Å². The van der Waals surface area contributed by atoms with E-state index in [2.05, 4.69) is 76.4 Å². The topological polar surface area (TPSA) is 82.3 Å². The smallest absolute Gasteiger partial charge is 0.116 e. The molecule has 0 amide bonds. The zero-order valence-electron chi connectivity index (χ0n) is 24.0. The van der Waals surface area contributed by atoms with Gasteiger partial charge in [-0.1, -0.05) is 74.4 Å². The molecule has 6 heteroatoms. The Balaban J connectivity index is 1.45. The van der Waals surface area contributed by atoms with E-state index in [4.69, 9.17) is 4.98 Å². The summed E-state index contributed by atoms with van der Waals surface area (Å²) < 4.78 is 0. The first-order valence-corrected chi connectivity index (χ1v) is 13.8. The third-order valence-electron chi connectivity index (χ3n) is 6.95. The normalized spacial score (nSPS) is 12.4. The number of fused-ring (bicyclic) bond motifs is 1. The fourth-order valence-electron chi connectivity index (χ4n) is 4.91. The number of H-pyrrole nitrogens is 2. The summed E-state index contributed by atoms with van der Waals surface area (Å²) in [6.45, 7) is 16.2. The van der Waals surface area contributed by atoms with E-state index in [1.807, 2.05) is 67.7 Å². The van der Waals surface area contributed by atoms with E-state index in [0.29, 0.717) is 0 Å². The maximum atomic E-state index is 4.73. The van der Waals surface area contributed by atoms with Crippen LogP contribution in [0, 0.1) is 6.92 Å². The fraction of sp³-hybridized carbons (Fsp3) is 0.0833. The van der Waals surface area contributed by atoms with Crippen LogP contribution in [0.25, 0.3) is 33.4 Å². The van der Waals surface area contributed by atoms with Gasteiger partial charge in [0.25, 0.3) is 0 Å². The predicted molar refractivity (Wildman–Crippen MR) is 174 cm³/mol. The molecule has 0 aliphatic heterocycles. The first kappa shape index (κ1) is 28.1. The molecule has 0 saturated heterocycles. The Morgan fingerprint density at radius 1 is 1.00 bits per heavy atom. The van der Waals surface area contributed by atoms with E-state index < -0.39 is 0 Å². The van der Waals surface area contributed by atoms with Gasteiger partial charge in [-0.3, -0.25) is 15.1 Å². The molecule has 1 aromatic carbocycles. The van der Waals surface area contributed by atoms with Gasteiger partial charge in [0.05, 0.1) is 28.8 Å². The summed E-state index contributed by atoms with van der Waals surface area (Å²) >= 11 is 0. The number of aryl methyl sites for hydroxylation is 1. The van der Waals surface area contributed by atoms with Gasteiger partial charge in [0.1, 0.15) is 5.69 Å². The van der Waals surface area contributed by atoms with Gasteiger partial charge in [0, 0.05) is 46.2 Å². The van der Waals surface area contributed by atoms with E-state index >= 15 is 0 Å². The quantitative estimate of drug-likeness (QED) is 0.145. The van der Waals surface area contributed by atoms with E-state index in [-0.39, 0.29) is 0 Å². The summed E-state index contributed by atoms with van der Waals surface area (Å²) in [4.78, 5) is 12.8. The van der Waals surface area contributed by atoms with Crippen molar-refractivity contribution in [3.8, 4) is 11.4 Å². The first-order valence-electron chi connectivity index (χ1n) is 13.8. The summed E-state index contributed by atoms with van der Waals surface area (Å²) in [5.41, 5.74) is 11.2. The average Bonchev–Trinajstić information content (AvgIpc) is 3.61. The number of allylic oxidation sites excluding steroid dienone is 7. The molecule has 5 rings (SSSR count). The highest BCUT2D eigenvalue weighted by Gasteiger charge is 2.17. The number of hydrogen-bond acceptors (Lipinski definition) is 4. The molecule has 0 fully saturated rings. The first-order chi connectivity index (χ1) is 20.5. The minimum absolute atomic E-state index is 0.724. The molecule has 0 aliphatic carbocycles. The molecule has 208 valence electrons. The maximum absolute atomic E-state index is 4.73. The Morgan fingerprint density at radius 3 is 2.52 bits per heavy atom. The summed E-state index contributed by atoms with van der Waals surface area (Å²) in [6, 6.07) is 20.3. The molecule has 6 nitrogen and oxygen atoms in total. The van der Waals surface area contributed by atoms with Gasteiger partial charge in [0.2, 0.25) is 0 Å². The predicted octanol–water partition coefficient (Wildman–Crippen LogP) is 8.09. The SMILES string of the molecule is C=C/C=C(/c1ccccn1)c1cc(-c2n[nH]c3cnc(C(/C=C(\C=C)NC(=C)Cc4ccccc4)=C/C)cc23)[nH]c1C. The van der Waals surface area contributed by atoms with Crippen molar-refractivity contribution >= 4 is 22.0 Å². The second kappa shape index (κ2) is 12.8. The van der Waals surface area contributed by atoms with Crippen molar-refractivity contribution in [1.82, 2.24) is 30.5 Å². The van der Waals surface area contributed by atoms with Crippen LogP contribution in [-0.2, 0) is 6.42 Å². The second-order valence-electron chi connectivity index (χ2n) is 9.88. The van der Waals surface area contributed by atoms with Crippen LogP contribution >= 0.6 is 0 Å². The molecule has 42 heavy (non-hydrogen) atoms. The number of nitrogens with one attached hydrogen (secondary N) is 3. The van der Waals surface area contributed by atoms with Crippen molar-refractivity contribution in [2.75, 3.05) is 0 Å². The number of aromatic nitrogens is 5. The number of hydrogen-bond donors (Lipinski definition) is 3. The lowest BCUT2D eigenvalue weighted by atomic mass is 10.0. The minimum atomic E-state index is 0.724. The van der Waals surface area contributed by atoms with Gasteiger partial charge in [-0.2, -0.15) is 5.10 Å². The summed E-state index contributed by atoms with van der Waals surface area (Å²) in [6.07, 6.45) is 14.0. The Hall–Kier alpha value is -5.49. The highest BCUT2D eigenvalue weighted by atomic mass is 15.1. The third-order valence-corrected chi connectivity index (χ3v) is 6.95. The summed E-state index contributed by atoms with van der Waals surface area (Å²) in [5, 5.41) is 12.2. The maximum Gasteiger partial charge on any atom is 0.116 e. The zero-order valence-corrected chi connectivity index (χ0v) is 24.0. The lowest BCUT2D eigenvalue weighted by Gasteiger charge is -2.12. The van der Waals surface area contributed by atoms with Gasteiger partial charge in [0.15, 0.2) is 0 Å². The monoisotopic (exact) mass is 550 g/mol. The lowest BCUT2D eigenvalue weighted by Crippen LogP contribution is -2.12. The van der Waals surface area contributed by atoms with Gasteiger partial charge >= 0.3 is 0 Å². The van der Waals surface area contributed by atoms with Crippen LogP contribution in [0.15, 0.2) is 135 Å². The van der Waals surface area contributed by atoms with Crippen LogP contribution < -0.4 is 5.32 Å². The average molecular weight is 551 g/mol. The van der Waals surface area contributed by atoms with Crippen LogP contribution in [0.5, 0.6) is 0 Å². The van der Waals surface area contributed by atoms with E-state index in [0.717, 1.165) is 73.9 Å². The van der Waals surface area contributed by atoms with E-state index in [9.17, 15) is 0 Å². The highest BCUT2D eigenvalue weighted by Crippen LogP contribution is 2.33. The van der Waals surface area contributed by atoms with Gasteiger partial charge < -0.3 is 10.3 Å². The zero-order chi connectivity index (χ0) is 29.5. The molecule has 3 N–H and O–H groups in total. The van der Waals surface area contributed by atoms with Crippen molar-refractivity contribution in [1.29, 1.82) is 0 Å². The molecule has 0 spiro atoms. The summed E-state index contributed by atoms with van der Waals surface area (Å²) in [7, 11) is 0. The Labute approximate surface area is 246 Å². The standard InChI is InChI=1S/C36H34N6/c1-6-14-29(32-17-12-13-18-37-32)30-21-34(40-25(30)5)36-31-22-33(38-23-35(31)41-42-36)27(7-2)20-28(8-3)39-24(4)19-26-15-10-9-11-16-26/h6-18,20-23,39-40H,1,3-4,19H2,2,5H3,(H,41,42)/b27-7+,28-20+,29-14+. The van der Waals surface area contributed by atoms with E-state index in [1.165, 1.54) is 5.56 Å². The largest absolute Gasteiger partial charge is 0.359 e. The molecular weight excluding hydrogens is 516 g/mol. The molecule has 4 heterocycles. The van der Waals surface area contributed by atoms with Gasteiger partial charge in [-0.05, 0) is 61.4 Å². The number of rotatable bonds is 11. The molecule has 4 aromatic heterocycles. The molecule has 0 atom stereocenters. The van der Waals surface area contributed by atoms with Crippen molar-refractivity contribution < 1.29 is 0 Å². The molecule has 0 saturated carbocycles. The number of benzene rings is 1. The van der Waals surface area contributed by atoms with Crippen LogP contribution in [-0.4, -0.2) is 25.1 Å². The van der Waals surface area contributed by atoms with Crippen LogP contribution in [0.3, 0.4) is 0 Å². The minimum Gasteiger partial charge on any atom is -0.359 e. The fourth-order valence-corrected chi connectivity index (χ4v) is 4.91. The number of pyridine rings is 2. The van der Waals surface area contributed by atoms with Crippen LogP contribution in [0.2, 0.25) is 0 Å². The van der Waals surface area contributed by atoms with Crippen molar-refractivity contribution in [3.05, 3.63) is 163 Å².